The van der Waals surface area contributed by atoms with E-state index in [1.807, 2.05) is 0 Å². The maximum Gasteiger partial charge on any atom is 0.302 e. The Morgan fingerprint density at radius 2 is 1.84 bits per heavy atom. The third-order valence-corrected chi connectivity index (χ3v) is 9.57. The maximum atomic E-state index is 11.5. The van der Waals surface area contributed by atoms with E-state index >= 15 is 0 Å². The molecular formula is C30H44O2. The van der Waals surface area contributed by atoms with Gasteiger partial charge in [-0.05, 0) is 108 Å². The lowest BCUT2D eigenvalue weighted by atomic mass is 9.60. The lowest BCUT2D eigenvalue weighted by Gasteiger charge is -2.45. The molecule has 3 aliphatic rings. The molecule has 1 fully saturated rings. The summed E-state index contributed by atoms with van der Waals surface area (Å²) in [6.07, 6.45) is 13.2. The van der Waals surface area contributed by atoms with E-state index in [-0.39, 0.29) is 12.1 Å². The van der Waals surface area contributed by atoms with E-state index in [9.17, 15) is 4.79 Å². The second-order valence-corrected chi connectivity index (χ2v) is 11.8. The van der Waals surface area contributed by atoms with Crippen molar-refractivity contribution in [3.05, 3.63) is 46.0 Å². The number of benzene rings is 1. The minimum Gasteiger partial charge on any atom is -0.462 e. The van der Waals surface area contributed by atoms with Gasteiger partial charge in [0.25, 0.3) is 0 Å². The summed E-state index contributed by atoms with van der Waals surface area (Å²) in [5, 5.41) is 0. The van der Waals surface area contributed by atoms with Crippen LogP contribution in [0.2, 0.25) is 0 Å². The number of carbonyl (C=O) groups is 1. The molecule has 0 amide bonds. The molecule has 0 aromatic heterocycles. The Bertz CT molecular complexity index is 895. The van der Waals surface area contributed by atoms with Crippen LogP contribution in [-0.2, 0) is 28.8 Å². The van der Waals surface area contributed by atoms with Crippen molar-refractivity contribution in [3.8, 4) is 0 Å². The number of hydrogen-bond donors (Lipinski definition) is 0. The first kappa shape index (κ1) is 23.6. The van der Waals surface area contributed by atoms with Gasteiger partial charge in [-0.15, -0.1) is 0 Å². The van der Waals surface area contributed by atoms with Crippen LogP contribution < -0.4 is 0 Å². The van der Waals surface area contributed by atoms with Crippen LogP contribution in [0.5, 0.6) is 0 Å². The van der Waals surface area contributed by atoms with Crippen molar-refractivity contribution in [2.45, 2.75) is 105 Å². The van der Waals surface area contributed by atoms with Gasteiger partial charge >= 0.3 is 5.97 Å². The highest BCUT2D eigenvalue weighted by atomic mass is 16.5. The summed E-state index contributed by atoms with van der Waals surface area (Å²) >= 11 is 0. The van der Waals surface area contributed by atoms with Gasteiger partial charge < -0.3 is 4.74 Å². The fraction of sp³-hybridized carbons (Fsp3) is 0.700. The molecule has 1 aromatic rings. The molecule has 4 rings (SSSR count). The van der Waals surface area contributed by atoms with Crippen LogP contribution in [0.1, 0.15) is 101 Å². The third kappa shape index (κ3) is 4.19. The van der Waals surface area contributed by atoms with Gasteiger partial charge in [-0.3, -0.25) is 4.79 Å². The Balaban J connectivity index is 1.59. The number of allylic oxidation sites excluding steroid dienone is 2. The summed E-state index contributed by atoms with van der Waals surface area (Å²) in [6.45, 7) is 15.9. The largest absolute Gasteiger partial charge is 0.462 e. The van der Waals surface area contributed by atoms with Crippen molar-refractivity contribution >= 4 is 5.97 Å². The number of fused-ring (bicyclic) bond motifs is 4. The summed E-state index contributed by atoms with van der Waals surface area (Å²) < 4.78 is 5.58. The van der Waals surface area contributed by atoms with Gasteiger partial charge in [-0.1, -0.05) is 52.8 Å². The van der Waals surface area contributed by atoms with Crippen molar-refractivity contribution in [2.75, 3.05) is 0 Å². The normalized spacial score (nSPS) is 31.2. The molecule has 2 nitrogen and oxygen atoms in total. The first-order chi connectivity index (χ1) is 15.1. The van der Waals surface area contributed by atoms with Gasteiger partial charge in [-0.25, -0.2) is 0 Å². The topological polar surface area (TPSA) is 26.3 Å². The van der Waals surface area contributed by atoms with Crippen LogP contribution in [0.15, 0.2) is 18.2 Å². The standard InChI is InChI=1S/C30H44O2/c1-18(2)19(3)8-9-20(4)28-12-13-29-27-16-23-10-11-24(32-22(6)31)17-26(23)21(5)25(27)14-15-30(28,29)7/h8-9,16,18-20,24,28-29H,10-15,17H2,1-7H3/b9-8+. The Kier molecular flexibility index (Phi) is 6.63. The molecule has 6 atom stereocenters. The fourth-order valence-electron chi connectivity index (χ4n) is 7.23. The Morgan fingerprint density at radius 1 is 1.09 bits per heavy atom. The molecule has 0 aliphatic heterocycles. The van der Waals surface area contributed by atoms with Crippen molar-refractivity contribution in [2.24, 2.45) is 29.1 Å². The van der Waals surface area contributed by atoms with Crippen LogP contribution in [0.25, 0.3) is 0 Å². The Morgan fingerprint density at radius 3 is 2.53 bits per heavy atom. The second kappa shape index (κ2) is 8.99. The summed E-state index contributed by atoms with van der Waals surface area (Å²) in [4.78, 5) is 11.5. The minimum absolute atomic E-state index is 0.0577. The Hall–Kier alpha value is -1.57. The van der Waals surface area contributed by atoms with Crippen LogP contribution in [0, 0.1) is 36.0 Å². The molecule has 1 aromatic carbocycles. The first-order valence-corrected chi connectivity index (χ1v) is 13.1. The van der Waals surface area contributed by atoms with Gasteiger partial charge in [-0.2, -0.15) is 0 Å². The zero-order valence-corrected chi connectivity index (χ0v) is 21.5. The number of rotatable bonds is 5. The van der Waals surface area contributed by atoms with Crippen LogP contribution in [0.4, 0.5) is 0 Å². The number of ether oxygens (including phenoxy) is 1. The number of esters is 1. The number of hydrogen-bond acceptors (Lipinski definition) is 2. The first-order valence-electron chi connectivity index (χ1n) is 13.1. The van der Waals surface area contributed by atoms with E-state index in [0.717, 1.165) is 25.2 Å². The monoisotopic (exact) mass is 436 g/mol. The SMILES string of the molecule is CC(=O)OC1CCc2cc3c(c(C)c2C1)CCC1(C)C3CCC1C(C)/C=C/C(C)C(C)C. The lowest BCUT2D eigenvalue weighted by molar-refractivity contribution is -0.146. The predicted octanol–water partition coefficient (Wildman–Crippen LogP) is 7.35. The van der Waals surface area contributed by atoms with Crippen molar-refractivity contribution in [1.82, 2.24) is 0 Å². The molecule has 176 valence electrons. The highest BCUT2D eigenvalue weighted by molar-refractivity contribution is 5.66. The van der Waals surface area contributed by atoms with E-state index in [1.165, 1.54) is 49.3 Å². The van der Waals surface area contributed by atoms with Gasteiger partial charge in [0.05, 0.1) is 0 Å². The van der Waals surface area contributed by atoms with E-state index in [4.69, 9.17) is 4.74 Å². The van der Waals surface area contributed by atoms with Gasteiger partial charge in [0.1, 0.15) is 6.10 Å². The highest BCUT2D eigenvalue weighted by Crippen LogP contribution is 2.61. The summed E-state index contributed by atoms with van der Waals surface area (Å²) in [5.41, 5.74) is 8.18. The molecule has 6 unspecified atom stereocenters. The molecule has 3 aliphatic carbocycles. The maximum absolute atomic E-state index is 11.5. The predicted molar refractivity (Wildman–Crippen MR) is 133 cm³/mol. The summed E-state index contributed by atoms with van der Waals surface area (Å²) in [7, 11) is 0. The van der Waals surface area contributed by atoms with Crippen molar-refractivity contribution in [1.29, 1.82) is 0 Å². The van der Waals surface area contributed by atoms with Crippen LogP contribution in [0.3, 0.4) is 0 Å². The lowest BCUT2D eigenvalue weighted by Crippen LogP contribution is -2.36. The molecule has 0 N–H and O–H groups in total. The van der Waals surface area contributed by atoms with Gasteiger partial charge in [0, 0.05) is 13.3 Å². The smallest absolute Gasteiger partial charge is 0.302 e. The molecular weight excluding hydrogens is 392 g/mol. The highest BCUT2D eigenvalue weighted by Gasteiger charge is 2.51. The summed E-state index contributed by atoms with van der Waals surface area (Å²) in [5.74, 6) is 3.34. The van der Waals surface area contributed by atoms with Gasteiger partial charge in [0.2, 0.25) is 0 Å². The molecule has 32 heavy (non-hydrogen) atoms. The zero-order valence-electron chi connectivity index (χ0n) is 21.5. The summed E-state index contributed by atoms with van der Waals surface area (Å²) in [6, 6.07) is 2.58. The number of carbonyl (C=O) groups excluding carboxylic acids is 1. The molecule has 0 bridgehead atoms. The fourth-order valence-corrected chi connectivity index (χ4v) is 7.23. The molecule has 0 heterocycles. The van der Waals surface area contributed by atoms with Crippen LogP contribution in [-0.4, -0.2) is 12.1 Å². The minimum atomic E-state index is -0.146. The molecule has 1 saturated carbocycles. The van der Waals surface area contributed by atoms with Gasteiger partial charge in [0.15, 0.2) is 0 Å². The average molecular weight is 437 g/mol. The molecule has 0 spiro atoms. The third-order valence-electron chi connectivity index (χ3n) is 9.57. The quantitative estimate of drug-likeness (QED) is 0.356. The molecule has 2 heteroatoms. The van der Waals surface area contributed by atoms with E-state index in [0.29, 0.717) is 29.1 Å². The number of aryl methyl sites for hydroxylation is 1. The van der Waals surface area contributed by atoms with Crippen molar-refractivity contribution < 1.29 is 9.53 Å². The second-order valence-electron chi connectivity index (χ2n) is 11.8. The van der Waals surface area contributed by atoms with E-state index in [1.54, 1.807) is 11.1 Å². The van der Waals surface area contributed by atoms with Crippen LogP contribution >= 0.6 is 0 Å². The Labute approximate surface area is 196 Å². The van der Waals surface area contributed by atoms with Crippen molar-refractivity contribution in [3.63, 3.8) is 0 Å². The van der Waals surface area contributed by atoms with E-state index in [2.05, 4.69) is 59.8 Å². The zero-order chi connectivity index (χ0) is 23.2. The average Bonchev–Trinajstić information content (AvgIpc) is 3.09. The molecule has 0 saturated heterocycles. The van der Waals surface area contributed by atoms with E-state index < -0.39 is 0 Å². The molecule has 0 radical (unpaired) electrons.